The van der Waals surface area contributed by atoms with Crippen LogP contribution in [0.1, 0.15) is 12.8 Å². The highest BCUT2D eigenvalue weighted by molar-refractivity contribution is 7.89. The molecule has 1 aliphatic carbocycles. The van der Waals surface area contributed by atoms with Crippen LogP contribution in [0.15, 0.2) is 23.1 Å². The average Bonchev–Trinajstić information content (AvgIpc) is 3.27. The summed E-state index contributed by atoms with van der Waals surface area (Å²) in [5.41, 5.74) is -0.841. The van der Waals surface area contributed by atoms with Crippen molar-refractivity contribution in [3.05, 3.63) is 18.2 Å². The molecule has 0 spiro atoms. The fourth-order valence-corrected chi connectivity index (χ4v) is 4.44. The van der Waals surface area contributed by atoms with Gasteiger partial charge < -0.3 is 14.6 Å². The normalized spacial score (nSPS) is 21.7. The SMILES string of the molecule is COc1ccc(S(=O)(=O)N2CC(O)(C3CC3)C2)c(OC)c1. The highest BCUT2D eigenvalue weighted by Gasteiger charge is 2.55. The van der Waals surface area contributed by atoms with E-state index in [1.165, 1.54) is 24.6 Å². The number of aliphatic hydroxyl groups is 1. The third-order valence-electron chi connectivity index (χ3n) is 4.23. The molecule has 6 nitrogen and oxygen atoms in total. The molecule has 0 bridgehead atoms. The van der Waals surface area contributed by atoms with Crippen molar-refractivity contribution < 1.29 is 23.0 Å². The van der Waals surface area contributed by atoms with Gasteiger partial charge >= 0.3 is 0 Å². The first-order valence-corrected chi connectivity index (χ1v) is 8.29. The third kappa shape index (κ3) is 2.39. The minimum atomic E-state index is -3.65. The number of sulfonamides is 1. The van der Waals surface area contributed by atoms with Crippen LogP contribution in [0.25, 0.3) is 0 Å². The summed E-state index contributed by atoms with van der Waals surface area (Å²) in [5, 5.41) is 10.3. The average molecular weight is 313 g/mol. The first-order valence-electron chi connectivity index (χ1n) is 6.85. The van der Waals surface area contributed by atoms with Crippen LogP contribution in [0, 0.1) is 5.92 Å². The second-order valence-electron chi connectivity index (χ2n) is 5.67. The lowest BCUT2D eigenvalue weighted by Crippen LogP contribution is -2.64. The molecule has 1 aromatic rings. The molecule has 0 radical (unpaired) electrons. The first-order chi connectivity index (χ1) is 9.90. The first kappa shape index (κ1) is 14.6. The van der Waals surface area contributed by atoms with Crippen LogP contribution in [-0.2, 0) is 10.0 Å². The number of methoxy groups -OCH3 is 2. The van der Waals surface area contributed by atoms with Crippen molar-refractivity contribution in [3.8, 4) is 11.5 Å². The van der Waals surface area contributed by atoms with E-state index in [0.29, 0.717) is 5.75 Å². The Morgan fingerprint density at radius 3 is 2.43 bits per heavy atom. The van der Waals surface area contributed by atoms with Gasteiger partial charge in [0, 0.05) is 19.2 Å². The van der Waals surface area contributed by atoms with Gasteiger partial charge in [0.1, 0.15) is 16.4 Å². The molecule has 21 heavy (non-hydrogen) atoms. The Kier molecular flexibility index (Phi) is 3.38. The highest BCUT2D eigenvalue weighted by atomic mass is 32.2. The van der Waals surface area contributed by atoms with E-state index in [9.17, 15) is 13.5 Å². The summed E-state index contributed by atoms with van der Waals surface area (Å²) in [4.78, 5) is 0.101. The number of hydrogen-bond acceptors (Lipinski definition) is 5. The Balaban J connectivity index is 1.85. The van der Waals surface area contributed by atoms with E-state index in [1.54, 1.807) is 12.1 Å². The number of benzene rings is 1. The van der Waals surface area contributed by atoms with E-state index < -0.39 is 15.6 Å². The van der Waals surface area contributed by atoms with Crippen LogP contribution in [-0.4, -0.2) is 50.7 Å². The van der Waals surface area contributed by atoms with Crippen molar-refractivity contribution in [3.63, 3.8) is 0 Å². The zero-order valence-electron chi connectivity index (χ0n) is 12.1. The van der Waals surface area contributed by atoms with Crippen LogP contribution < -0.4 is 9.47 Å². The summed E-state index contributed by atoms with van der Waals surface area (Å²) in [6, 6.07) is 4.60. The summed E-state index contributed by atoms with van der Waals surface area (Å²) in [6.45, 7) is 0.324. The van der Waals surface area contributed by atoms with Crippen LogP contribution in [0.4, 0.5) is 0 Å². The lowest BCUT2D eigenvalue weighted by molar-refractivity contribution is -0.0765. The zero-order valence-corrected chi connectivity index (χ0v) is 12.9. The van der Waals surface area contributed by atoms with Crippen LogP contribution in [0.5, 0.6) is 11.5 Å². The van der Waals surface area contributed by atoms with Gasteiger partial charge in [0.15, 0.2) is 0 Å². The summed E-state index contributed by atoms with van der Waals surface area (Å²) < 4.78 is 36.8. The van der Waals surface area contributed by atoms with E-state index in [4.69, 9.17) is 9.47 Å². The molecule has 1 saturated carbocycles. The van der Waals surface area contributed by atoms with Crippen molar-refractivity contribution in [1.82, 2.24) is 4.31 Å². The highest BCUT2D eigenvalue weighted by Crippen LogP contribution is 2.46. The maximum absolute atomic E-state index is 12.6. The van der Waals surface area contributed by atoms with E-state index in [-0.39, 0.29) is 29.7 Å². The van der Waals surface area contributed by atoms with Crippen LogP contribution in [0.3, 0.4) is 0 Å². The van der Waals surface area contributed by atoms with Crippen molar-refractivity contribution >= 4 is 10.0 Å². The quantitative estimate of drug-likeness (QED) is 0.872. The second kappa shape index (κ2) is 4.86. The van der Waals surface area contributed by atoms with E-state index in [0.717, 1.165) is 12.8 Å². The van der Waals surface area contributed by atoms with Gasteiger partial charge in [0.2, 0.25) is 10.0 Å². The molecule has 0 unspecified atom stereocenters. The number of hydrogen-bond donors (Lipinski definition) is 1. The van der Waals surface area contributed by atoms with Gasteiger partial charge in [-0.15, -0.1) is 0 Å². The summed E-state index contributed by atoms with van der Waals surface area (Å²) in [7, 11) is -0.725. The number of ether oxygens (including phenoxy) is 2. The molecule has 1 aromatic carbocycles. The van der Waals surface area contributed by atoms with Gasteiger partial charge in [-0.1, -0.05) is 0 Å². The fourth-order valence-electron chi connectivity index (χ4n) is 2.74. The maximum Gasteiger partial charge on any atom is 0.246 e. The Morgan fingerprint density at radius 2 is 1.90 bits per heavy atom. The Hall–Kier alpha value is -1.31. The monoisotopic (exact) mass is 313 g/mol. The van der Waals surface area contributed by atoms with E-state index in [1.807, 2.05) is 0 Å². The van der Waals surface area contributed by atoms with Crippen molar-refractivity contribution in [2.24, 2.45) is 5.92 Å². The van der Waals surface area contributed by atoms with Gasteiger partial charge in [-0.05, 0) is 30.9 Å². The molecule has 1 saturated heterocycles. The van der Waals surface area contributed by atoms with Crippen molar-refractivity contribution in [1.29, 1.82) is 0 Å². The topological polar surface area (TPSA) is 76.1 Å². The summed E-state index contributed by atoms with van der Waals surface area (Å²) in [6.07, 6.45) is 1.96. The number of rotatable bonds is 5. The Labute approximate surface area is 124 Å². The molecule has 0 atom stereocenters. The minimum Gasteiger partial charge on any atom is -0.497 e. The molecule has 1 N–H and O–H groups in total. The molecule has 116 valence electrons. The lowest BCUT2D eigenvalue weighted by Gasteiger charge is -2.45. The third-order valence-corrected chi connectivity index (χ3v) is 6.06. The second-order valence-corrected chi connectivity index (χ2v) is 7.57. The van der Waals surface area contributed by atoms with Crippen LogP contribution in [0.2, 0.25) is 0 Å². The fraction of sp³-hybridized carbons (Fsp3) is 0.571. The van der Waals surface area contributed by atoms with Gasteiger partial charge in [0.05, 0.1) is 19.8 Å². The van der Waals surface area contributed by atoms with Gasteiger partial charge in [-0.3, -0.25) is 0 Å². The molecule has 0 amide bonds. The Morgan fingerprint density at radius 1 is 1.24 bits per heavy atom. The molecule has 1 aliphatic heterocycles. The zero-order chi connectivity index (χ0) is 15.3. The molecule has 7 heteroatoms. The maximum atomic E-state index is 12.6. The smallest absolute Gasteiger partial charge is 0.246 e. The standard InChI is InChI=1S/C14H19NO5S/c1-19-11-5-6-13(12(7-11)20-2)21(17,18)15-8-14(16,9-15)10-3-4-10/h5-7,10,16H,3-4,8-9H2,1-2H3. The molecule has 3 rings (SSSR count). The van der Waals surface area contributed by atoms with E-state index in [2.05, 4.69) is 0 Å². The van der Waals surface area contributed by atoms with E-state index >= 15 is 0 Å². The van der Waals surface area contributed by atoms with Crippen LogP contribution >= 0.6 is 0 Å². The molecule has 2 fully saturated rings. The molecule has 1 heterocycles. The molecule has 0 aromatic heterocycles. The minimum absolute atomic E-state index is 0.101. The summed E-state index contributed by atoms with van der Waals surface area (Å²) >= 11 is 0. The Bertz CT molecular complexity index is 647. The van der Waals surface area contributed by atoms with Crippen molar-refractivity contribution in [2.45, 2.75) is 23.3 Å². The molecular weight excluding hydrogens is 294 g/mol. The van der Waals surface area contributed by atoms with Gasteiger partial charge in [0.25, 0.3) is 0 Å². The van der Waals surface area contributed by atoms with Gasteiger partial charge in [-0.25, -0.2) is 8.42 Å². The number of nitrogens with zero attached hydrogens (tertiary/aromatic N) is 1. The molecular formula is C14H19NO5S. The lowest BCUT2D eigenvalue weighted by atomic mass is 9.91. The molecule has 2 aliphatic rings. The predicted molar refractivity (Wildman–Crippen MR) is 76.0 cm³/mol. The largest absolute Gasteiger partial charge is 0.497 e. The van der Waals surface area contributed by atoms with Crippen molar-refractivity contribution in [2.75, 3.05) is 27.3 Å². The summed E-state index contributed by atoms with van der Waals surface area (Å²) in [5.74, 6) is 1.03. The van der Waals surface area contributed by atoms with Gasteiger partial charge in [-0.2, -0.15) is 4.31 Å². The number of β-amino-alcohol motifs (C(OH)–C–C–N with tert-alkyl or cyclic N) is 1. The predicted octanol–water partition coefficient (Wildman–Crippen LogP) is 0.849.